The van der Waals surface area contributed by atoms with Crippen LogP contribution in [0, 0.1) is 6.92 Å². The molecule has 0 spiro atoms. The van der Waals surface area contributed by atoms with Crippen LogP contribution in [-0.2, 0) is 6.54 Å². The molecule has 0 radical (unpaired) electrons. The Kier molecular flexibility index (Phi) is 4.78. The number of nitrogens with one attached hydrogen (secondary N) is 1. The number of rotatable bonds is 5. The van der Waals surface area contributed by atoms with Crippen LogP contribution in [0.4, 0.5) is 5.88 Å². The van der Waals surface area contributed by atoms with Crippen molar-refractivity contribution in [2.24, 2.45) is 0 Å². The number of fused-ring (bicyclic) bond motifs is 1. The molecular weight excluding hydrogens is 350 g/mol. The average molecular weight is 373 g/mol. The van der Waals surface area contributed by atoms with Crippen LogP contribution in [0.2, 0.25) is 0 Å². The SMILES string of the molecule is Cc1cc2oc(NCc3ccccc3)c(-c3ccc(C(C)C)cc3)c2c(=O)o1. The Hall–Kier alpha value is -3.27. The van der Waals surface area contributed by atoms with Crippen LogP contribution in [0.25, 0.3) is 22.1 Å². The normalized spacial score (nSPS) is 11.3. The predicted octanol–water partition coefficient (Wildman–Crippen LogP) is 6.10. The van der Waals surface area contributed by atoms with Crippen LogP contribution < -0.4 is 10.9 Å². The minimum absolute atomic E-state index is 0.380. The van der Waals surface area contributed by atoms with Crippen LogP contribution >= 0.6 is 0 Å². The maximum atomic E-state index is 12.6. The van der Waals surface area contributed by atoms with Crippen molar-refractivity contribution in [1.29, 1.82) is 0 Å². The van der Waals surface area contributed by atoms with Gasteiger partial charge in [0.2, 0.25) is 5.88 Å². The Bertz CT molecular complexity index is 1150. The molecule has 4 aromatic rings. The molecule has 0 atom stereocenters. The third-order valence-electron chi connectivity index (χ3n) is 4.89. The molecule has 2 aromatic carbocycles. The summed E-state index contributed by atoms with van der Waals surface area (Å²) in [4.78, 5) is 12.6. The molecule has 0 aliphatic carbocycles. The minimum Gasteiger partial charge on any atom is -0.440 e. The minimum atomic E-state index is -0.380. The van der Waals surface area contributed by atoms with Gasteiger partial charge in [-0.3, -0.25) is 0 Å². The highest BCUT2D eigenvalue weighted by atomic mass is 16.4. The molecule has 142 valence electrons. The van der Waals surface area contributed by atoms with E-state index in [0.717, 1.165) is 16.7 Å². The highest BCUT2D eigenvalue weighted by Gasteiger charge is 2.20. The molecule has 4 rings (SSSR count). The van der Waals surface area contributed by atoms with Gasteiger partial charge in [0.1, 0.15) is 16.7 Å². The first kappa shape index (κ1) is 18.1. The summed E-state index contributed by atoms with van der Waals surface area (Å²) < 4.78 is 11.4. The zero-order valence-corrected chi connectivity index (χ0v) is 16.3. The van der Waals surface area contributed by atoms with Gasteiger partial charge in [-0.05, 0) is 29.5 Å². The maximum absolute atomic E-state index is 12.6. The van der Waals surface area contributed by atoms with Gasteiger partial charge in [0.15, 0.2) is 0 Å². The van der Waals surface area contributed by atoms with E-state index < -0.39 is 0 Å². The Morgan fingerprint density at radius 2 is 1.68 bits per heavy atom. The van der Waals surface area contributed by atoms with Gasteiger partial charge in [0, 0.05) is 12.6 Å². The van der Waals surface area contributed by atoms with E-state index in [0.29, 0.717) is 35.1 Å². The van der Waals surface area contributed by atoms with Crippen molar-refractivity contribution in [1.82, 2.24) is 0 Å². The third-order valence-corrected chi connectivity index (χ3v) is 4.89. The van der Waals surface area contributed by atoms with Gasteiger partial charge in [-0.2, -0.15) is 0 Å². The molecule has 0 fully saturated rings. The number of hydrogen-bond acceptors (Lipinski definition) is 4. The summed E-state index contributed by atoms with van der Waals surface area (Å²) in [5, 5.41) is 3.83. The number of furan rings is 1. The fraction of sp³-hybridized carbons (Fsp3) is 0.208. The van der Waals surface area contributed by atoms with E-state index in [9.17, 15) is 4.79 Å². The zero-order valence-electron chi connectivity index (χ0n) is 16.3. The first-order valence-corrected chi connectivity index (χ1v) is 9.48. The van der Waals surface area contributed by atoms with Crippen LogP contribution in [0.15, 0.2) is 74.3 Å². The van der Waals surface area contributed by atoms with Crippen molar-refractivity contribution in [2.45, 2.75) is 33.2 Å². The Morgan fingerprint density at radius 1 is 0.964 bits per heavy atom. The Balaban J connectivity index is 1.82. The molecule has 4 heteroatoms. The number of benzene rings is 2. The summed E-state index contributed by atoms with van der Waals surface area (Å²) in [6.07, 6.45) is 0. The van der Waals surface area contributed by atoms with Gasteiger partial charge >= 0.3 is 5.63 Å². The Morgan fingerprint density at radius 3 is 2.36 bits per heavy atom. The third kappa shape index (κ3) is 3.46. The van der Waals surface area contributed by atoms with E-state index in [1.54, 1.807) is 13.0 Å². The van der Waals surface area contributed by atoms with Crippen molar-refractivity contribution in [3.63, 3.8) is 0 Å². The number of hydrogen-bond donors (Lipinski definition) is 1. The molecule has 0 unspecified atom stereocenters. The lowest BCUT2D eigenvalue weighted by molar-refractivity contribution is 0.485. The molecule has 2 aromatic heterocycles. The monoisotopic (exact) mass is 373 g/mol. The van der Waals surface area contributed by atoms with Gasteiger partial charge < -0.3 is 14.2 Å². The molecule has 0 saturated carbocycles. The molecule has 28 heavy (non-hydrogen) atoms. The van der Waals surface area contributed by atoms with Crippen LogP contribution in [0.1, 0.15) is 36.7 Å². The van der Waals surface area contributed by atoms with E-state index in [1.165, 1.54) is 5.56 Å². The number of anilines is 1. The van der Waals surface area contributed by atoms with E-state index in [-0.39, 0.29) is 5.63 Å². The molecule has 1 N–H and O–H groups in total. The van der Waals surface area contributed by atoms with Crippen LogP contribution in [0.3, 0.4) is 0 Å². The first-order valence-electron chi connectivity index (χ1n) is 9.48. The molecular formula is C24H23NO3. The van der Waals surface area contributed by atoms with Gasteiger partial charge in [-0.25, -0.2) is 4.79 Å². The standard InChI is InChI=1S/C24H23NO3/c1-15(2)18-9-11-19(12-10-18)21-22-20(13-16(3)27-24(22)26)28-23(21)25-14-17-7-5-4-6-8-17/h4-13,15,25H,14H2,1-3H3. The lowest BCUT2D eigenvalue weighted by Crippen LogP contribution is -2.02. The highest BCUT2D eigenvalue weighted by molar-refractivity contribution is 5.99. The smallest absolute Gasteiger partial charge is 0.347 e. The summed E-state index contributed by atoms with van der Waals surface area (Å²) in [6, 6.07) is 20.1. The van der Waals surface area contributed by atoms with Crippen molar-refractivity contribution in [2.75, 3.05) is 5.32 Å². The number of aryl methyl sites for hydroxylation is 1. The molecule has 0 aliphatic rings. The summed E-state index contributed by atoms with van der Waals surface area (Å²) in [7, 11) is 0. The van der Waals surface area contributed by atoms with Gasteiger partial charge in [-0.15, -0.1) is 0 Å². The largest absolute Gasteiger partial charge is 0.440 e. The van der Waals surface area contributed by atoms with E-state index in [4.69, 9.17) is 8.83 Å². The molecule has 0 amide bonds. The molecule has 4 nitrogen and oxygen atoms in total. The quantitative estimate of drug-likeness (QED) is 0.459. The summed E-state index contributed by atoms with van der Waals surface area (Å²) >= 11 is 0. The summed E-state index contributed by atoms with van der Waals surface area (Å²) in [5.74, 6) is 1.55. The van der Waals surface area contributed by atoms with E-state index >= 15 is 0 Å². The topological polar surface area (TPSA) is 55.4 Å². The maximum Gasteiger partial charge on any atom is 0.347 e. The fourth-order valence-corrected chi connectivity index (χ4v) is 3.38. The average Bonchev–Trinajstić information content (AvgIpc) is 3.05. The van der Waals surface area contributed by atoms with Crippen molar-refractivity contribution < 1.29 is 8.83 Å². The van der Waals surface area contributed by atoms with Crippen molar-refractivity contribution >= 4 is 16.9 Å². The molecule has 0 bridgehead atoms. The van der Waals surface area contributed by atoms with Crippen molar-refractivity contribution in [3.8, 4) is 11.1 Å². The summed E-state index contributed by atoms with van der Waals surface area (Å²) in [6.45, 7) is 6.67. The van der Waals surface area contributed by atoms with Crippen molar-refractivity contribution in [3.05, 3.63) is 88.0 Å². The lowest BCUT2D eigenvalue weighted by atomic mass is 9.98. The fourth-order valence-electron chi connectivity index (χ4n) is 3.38. The predicted molar refractivity (Wildman–Crippen MR) is 113 cm³/mol. The molecule has 2 heterocycles. The summed E-state index contributed by atoms with van der Waals surface area (Å²) in [5.41, 5.74) is 4.21. The van der Waals surface area contributed by atoms with Gasteiger partial charge in [0.05, 0.1) is 5.56 Å². The second-order valence-corrected chi connectivity index (χ2v) is 7.31. The highest BCUT2D eigenvalue weighted by Crippen LogP contribution is 2.38. The second kappa shape index (κ2) is 7.39. The van der Waals surface area contributed by atoms with Crippen LogP contribution in [-0.4, -0.2) is 0 Å². The van der Waals surface area contributed by atoms with Gasteiger partial charge in [0.25, 0.3) is 0 Å². The lowest BCUT2D eigenvalue weighted by Gasteiger charge is -2.09. The molecule has 0 saturated heterocycles. The molecule has 0 aliphatic heterocycles. The van der Waals surface area contributed by atoms with E-state index in [1.807, 2.05) is 42.5 Å². The second-order valence-electron chi connectivity index (χ2n) is 7.31. The first-order chi connectivity index (χ1) is 13.5. The van der Waals surface area contributed by atoms with E-state index in [2.05, 4.69) is 31.3 Å². The van der Waals surface area contributed by atoms with Crippen LogP contribution in [0.5, 0.6) is 0 Å². The van der Waals surface area contributed by atoms with Gasteiger partial charge in [-0.1, -0.05) is 68.4 Å². The zero-order chi connectivity index (χ0) is 19.7. The Labute approximate surface area is 163 Å².